The van der Waals surface area contributed by atoms with Gasteiger partial charge < -0.3 is 9.30 Å². The van der Waals surface area contributed by atoms with Gasteiger partial charge in [-0.05, 0) is 109 Å². The lowest BCUT2D eigenvalue weighted by molar-refractivity contribution is -0.105. The Hall–Kier alpha value is -2.22. The smallest absolute Gasteiger partial charge is 0.338 e. The van der Waals surface area contributed by atoms with E-state index in [0.29, 0.717) is 23.3 Å². The molecule has 0 saturated heterocycles. The van der Waals surface area contributed by atoms with Gasteiger partial charge in [0.15, 0.2) is 0 Å². The number of carbonyl (C=O) groups is 2. The fraction of sp³-hybridized carbons (Fsp3) is 0.500. The van der Waals surface area contributed by atoms with E-state index in [2.05, 4.69) is 52.1 Å². The molecule has 6 rings (SSSR count). The van der Waals surface area contributed by atoms with E-state index in [1.165, 1.54) is 17.7 Å². The van der Waals surface area contributed by atoms with Crippen LogP contribution in [-0.4, -0.2) is 27.9 Å². The van der Waals surface area contributed by atoms with Crippen LogP contribution in [0.1, 0.15) is 69.2 Å². The summed E-state index contributed by atoms with van der Waals surface area (Å²) in [4.78, 5) is 29.2. The largest absolute Gasteiger partial charge is 0.458 e. The molecular weight excluding hydrogens is 563 g/mol. The Morgan fingerprint density at radius 3 is 2.61 bits per heavy atom. The van der Waals surface area contributed by atoms with Crippen molar-refractivity contribution in [2.24, 2.45) is 28.6 Å². The third-order valence-corrected chi connectivity index (χ3v) is 10.7. The monoisotopic (exact) mass is 596 g/mol. The topological polar surface area (TPSA) is 61.2 Å². The number of allylic oxidation sites excluding steroid dienone is 3. The van der Waals surface area contributed by atoms with Gasteiger partial charge in [-0.3, -0.25) is 4.79 Å². The number of nitrogens with zero attached hydrogens (tertiary/aromatic N) is 2. The minimum atomic E-state index is -0.215. The average Bonchev–Trinajstić information content (AvgIpc) is 3.49. The molecule has 2 saturated carbocycles. The van der Waals surface area contributed by atoms with Crippen LogP contribution in [0.15, 0.2) is 60.2 Å². The Bertz CT molecular complexity index is 1250. The summed E-state index contributed by atoms with van der Waals surface area (Å²) in [6, 6.07) is 7.59. The Kier molecular flexibility index (Phi) is 6.01. The number of rotatable bonds is 4. The highest BCUT2D eigenvalue weighted by molar-refractivity contribution is 14.1. The molecule has 1 heterocycles. The zero-order chi connectivity index (χ0) is 25.1. The van der Waals surface area contributed by atoms with E-state index in [1.54, 1.807) is 6.20 Å². The molecule has 0 radical (unpaired) electrons. The van der Waals surface area contributed by atoms with E-state index in [9.17, 15) is 9.59 Å². The lowest BCUT2D eigenvalue weighted by atomic mass is 9.47. The van der Waals surface area contributed by atoms with Crippen molar-refractivity contribution in [2.45, 2.75) is 64.9 Å². The number of hydrogen-bond donors (Lipinski definition) is 0. The van der Waals surface area contributed by atoms with Crippen molar-refractivity contribution in [3.63, 3.8) is 0 Å². The first-order valence-corrected chi connectivity index (χ1v) is 14.2. The highest BCUT2D eigenvalue weighted by Gasteiger charge is 2.58. The summed E-state index contributed by atoms with van der Waals surface area (Å²) in [6.45, 7) is 4.83. The van der Waals surface area contributed by atoms with Crippen molar-refractivity contribution in [1.29, 1.82) is 0 Å². The fourth-order valence-electron chi connectivity index (χ4n) is 8.18. The molecule has 188 valence electrons. The Morgan fingerprint density at radius 1 is 1.11 bits per heavy atom. The minimum Gasteiger partial charge on any atom is -0.458 e. The summed E-state index contributed by atoms with van der Waals surface area (Å²) >= 11 is 2.25. The predicted octanol–water partition coefficient (Wildman–Crippen LogP) is 6.70. The molecule has 0 aliphatic heterocycles. The van der Waals surface area contributed by atoms with Crippen LogP contribution in [0.3, 0.4) is 0 Å². The minimum absolute atomic E-state index is 0.0000457. The number of imidazole rings is 1. The van der Waals surface area contributed by atoms with Gasteiger partial charge in [-0.15, -0.1) is 0 Å². The van der Waals surface area contributed by atoms with Crippen molar-refractivity contribution in [1.82, 2.24) is 9.55 Å². The number of aromatic nitrogens is 2. The molecule has 6 heteroatoms. The molecule has 6 atom stereocenters. The Labute approximate surface area is 226 Å². The first kappa shape index (κ1) is 24.1. The number of benzene rings is 1. The molecule has 0 amide bonds. The zero-order valence-corrected chi connectivity index (χ0v) is 23.1. The number of carbonyl (C=O) groups excluding carboxylic acids is 2. The second-order valence-corrected chi connectivity index (χ2v) is 12.9. The van der Waals surface area contributed by atoms with Crippen LogP contribution in [0, 0.1) is 32.2 Å². The van der Waals surface area contributed by atoms with Gasteiger partial charge in [0.05, 0.1) is 11.9 Å². The molecule has 0 spiro atoms. The standard InChI is InChI=1S/C30H33IN2O3/c1-29-11-9-23(36-28(35)19-3-6-22(31)7-4-19)16-21(29)5-8-24-25(29)10-12-30(2)26(24)15-20(17-34)27(30)33-14-13-32-18-33/h3-7,13-14,17-18,23-26H,8-12,15-16H2,1-2H3/t23-,24+,25-,26-,29-,30-/m0/s1. The number of aldehydes is 1. The number of hydrogen-bond acceptors (Lipinski definition) is 4. The van der Waals surface area contributed by atoms with Crippen LogP contribution >= 0.6 is 22.6 Å². The van der Waals surface area contributed by atoms with Crippen molar-refractivity contribution < 1.29 is 14.3 Å². The van der Waals surface area contributed by atoms with E-state index in [1.807, 2.05) is 36.8 Å². The van der Waals surface area contributed by atoms with E-state index >= 15 is 0 Å². The fourth-order valence-corrected chi connectivity index (χ4v) is 8.54. The second-order valence-electron chi connectivity index (χ2n) is 11.7. The number of ether oxygens (including phenoxy) is 1. The summed E-state index contributed by atoms with van der Waals surface area (Å²) in [7, 11) is 0. The lowest BCUT2D eigenvalue weighted by Gasteiger charge is -2.57. The molecule has 4 aliphatic rings. The normalized spacial score (nSPS) is 35.4. The molecule has 2 fully saturated rings. The van der Waals surface area contributed by atoms with E-state index in [0.717, 1.165) is 54.0 Å². The maximum atomic E-state index is 12.8. The van der Waals surface area contributed by atoms with Crippen LogP contribution in [0.2, 0.25) is 0 Å². The molecule has 5 nitrogen and oxygen atoms in total. The predicted molar refractivity (Wildman–Crippen MR) is 147 cm³/mol. The van der Waals surface area contributed by atoms with Crippen LogP contribution < -0.4 is 0 Å². The highest BCUT2D eigenvalue weighted by Crippen LogP contribution is 2.66. The van der Waals surface area contributed by atoms with Gasteiger partial charge in [0.25, 0.3) is 0 Å². The van der Waals surface area contributed by atoms with Crippen molar-refractivity contribution >= 4 is 40.5 Å². The summed E-state index contributed by atoms with van der Waals surface area (Å²) < 4.78 is 9.18. The molecule has 0 unspecified atom stereocenters. The van der Waals surface area contributed by atoms with Crippen LogP contribution in [-0.2, 0) is 9.53 Å². The highest BCUT2D eigenvalue weighted by atomic mass is 127. The molecule has 1 aromatic heterocycles. The number of fused-ring (bicyclic) bond motifs is 5. The molecule has 0 N–H and O–H groups in total. The lowest BCUT2D eigenvalue weighted by Crippen LogP contribution is -2.50. The number of esters is 1. The summed E-state index contributed by atoms with van der Waals surface area (Å²) in [5.74, 6) is 1.44. The van der Waals surface area contributed by atoms with Gasteiger partial charge >= 0.3 is 5.97 Å². The zero-order valence-electron chi connectivity index (χ0n) is 21.0. The van der Waals surface area contributed by atoms with E-state index in [4.69, 9.17) is 4.74 Å². The Balaban J connectivity index is 1.22. The maximum Gasteiger partial charge on any atom is 0.338 e. The van der Waals surface area contributed by atoms with E-state index in [-0.39, 0.29) is 22.9 Å². The van der Waals surface area contributed by atoms with E-state index < -0.39 is 0 Å². The average molecular weight is 597 g/mol. The van der Waals surface area contributed by atoms with Gasteiger partial charge in [0, 0.05) is 39.1 Å². The number of halogens is 1. The van der Waals surface area contributed by atoms with Crippen molar-refractivity contribution in [2.75, 3.05) is 0 Å². The second kappa shape index (κ2) is 8.96. The molecule has 4 aliphatic carbocycles. The van der Waals surface area contributed by atoms with Crippen LogP contribution in [0.5, 0.6) is 0 Å². The summed E-state index contributed by atoms with van der Waals surface area (Å²) in [5, 5.41) is 0. The van der Waals surface area contributed by atoms with Crippen molar-refractivity contribution in [3.05, 3.63) is 69.3 Å². The van der Waals surface area contributed by atoms with Gasteiger partial charge in [-0.25, -0.2) is 9.78 Å². The van der Waals surface area contributed by atoms with Crippen LogP contribution in [0.25, 0.3) is 5.70 Å². The summed E-state index contributed by atoms with van der Waals surface area (Å²) in [6.07, 6.45) is 16.1. The molecule has 0 bridgehead atoms. The van der Waals surface area contributed by atoms with Gasteiger partial charge in [-0.1, -0.05) is 25.5 Å². The maximum absolute atomic E-state index is 12.8. The molecule has 36 heavy (non-hydrogen) atoms. The van der Waals surface area contributed by atoms with Crippen LogP contribution in [0.4, 0.5) is 0 Å². The third-order valence-electron chi connectivity index (χ3n) is 9.99. The van der Waals surface area contributed by atoms with Gasteiger partial charge in [0.1, 0.15) is 12.4 Å². The third kappa shape index (κ3) is 3.74. The first-order valence-electron chi connectivity index (χ1n) is 13.2. The van der Waals surface area contributed by atoms with Crippen molar-refractivity contribution in [3.8, 4) is 0 Å². The SMILES string of the molecule is C[C@]12CC[C@H](OC(=O)c3ccc(I)cc3)CC1=CC[C@@H]1[C@@H]2CC[C@]2(C)C(n3ccnc3)=C(C=O)C[C@@H]12. The van der Waals surface area contributed by atoms with Gasteiger partial charge in [-0.2, -0.15) is 0 Å². The Morgan fingerprint density at radius 2 is 1.89 bits per heavy atom. The first-order chi connectivity index (χ1) is 17.3. The molecule has 2 aromatic rings. The quantitative estimate of drug-likeness (QED) is 0.171. The summed E-state index contributed by atoms with van der Waals surface area (Å²) in [5.41, 5.74) is 4.38. The molecular formula is C30H33IN2O3. The molecule has 1 aromatic carbocycles. The van der Waals surface area contributed by atoms with Gasteiger partial charge in [0.2, 0.25) is 0 Å².